The number of rotatable bonds is 11. The van der Waals surface area contributed by atoms with Gasteiger partial charge in [-0.3, -0.25) is 0 Å². The van der Waals surface area contributed by atoms with Crippen molar-refractivity contribution < 1.29 is 9.90 Å². The Morgan fingerprint density at radius 3 is 2.50 bits per heavy atom. The molecule has 2 heteroatoms. The van der Waals surface area contributed by atoms with E-state index in [1.54, 1.807) is 12.2 Å². The number of aliphatic carboxylic acids is 1. The van der Waals surface area contributed by atoms with Crippen molar-refractivity contribution in [3.05, 3.63) is 36.5 Å². The zero-order chi connectivity index (χ0) is 16.0. The van der Waals surface area contributed by atoms with Crippen LogP contribution in [-0.4, -0.2) is 11.1 Å². The third kappa shape index (κ3) is 8.86. The van der Waals surface area contributed by atoms with Gasteiger partial charge in [-0.2, -0.15) is 0 Å². The van der Waals surface area contributed by atoms with E-state index in [0.717, 1.165) is 17.9 Å². The summed E-state index contributed by atoms with van der Waals surface area (Å²) in [6, 6.07) is 0. The molecule has 2 nitrogen and oxygen atoms in total. The fourth-order valence-electron chi connectivity index (χ4n) is 3.34. The van der Waals surface area contributed by atoms with E-state index in [1.165, 1.54) is 64.2 Å². The highest BCUT2D eigenvalue weighted by molar-refractivity contribution is 5.80. The molecule has 1 N–H and O–H groups in total. The molecular weight excluding hydrogens is 272 g/mol. The van der Waals surface area contributed by atoms with Gasteiger partial charge in [0, 0.05) is 6.08 Å². The first-order chi connectivity index (χ1) is 10.7. The minimum absolute atomic E-state index is 0.726. The second-order valence-corrected chi connectivity index (χ2v) is 6.38. The van der Waals surface area contributed by atoms with E-state index >= 15 is 0 Å². The summed E-state index contributed by atoms with van der Waals surface area (Å²) < 4.78 is 0. The van der Waals surface area contributed by atoms with Crippen molar-refractivity contribution in [1.29, 1.82) is 0 Å². The minimum Gasteiger partial charge on any atom is -0.478 e. The van der Waals surface area contributed by atoms with E-state index in [2.05, 4.69) is 19.1 Å². The third-order valence-electron chi connectivity index (χ3n) is 4.58. The predicted octanol–water partition coefficient (Wildman–Crippen LogP) is 5.91. The normalized spacial score (nSPS) is 22.4. The molecular formula is C20H32O2. The average molecular weight is 304 g/mol. The van der Waals surface area contributed by atoms with Crippen LogP contribution in [-0.2, 0) is 4.79 Å². The van der Waals surface area contributed by atoms with E-state index in [0.29, 0.717) is 0 Å². The summed E-state index contributed by atoms with van der Waals surface area (Å²) >= 11 is 0. The molecule has 0 aromatic rings. The molecule has 0 saturated heterocycles. The monoisotopic (exact) mass is 304 g/mol. The largest absolute Gasteiger partial charge is 0.478 e. The Morgan fingerprint density at radius 1 is 1.00 bits per heavy atom. The Bertz CT molecular complexity index is 379. The fraction of sp³-hybridized carbons (Fsp3) is 0.650. The highest BCUT2D eigenvalue weighted by Crippen LogP contribution is 2.36. The summed E-state index contributed by atoms with van der Waals surface area (Å²) in [7, 11) is 0. The summed E-state index contributed by atoms with van der Waals surface area (Å²) in [6.45, 7) is 2.27. The molecule has 0 spiro atoms. The Hall–Kier alpha value is -1.31. The maximum atomic E-state index is 10.3. The Balaban J connectivity index is 2.20. The third-order valence-corrected chi connectivity index (χ3v) is 4.58. The van der Waals surface area contributed by atoms with Crippen LogP contribution in [0.1, 0.15) is 71.1 Å². The van der Waals surface area contributed by atoms with Crippen LogP contribution in [0.3, 0.4) is 0 Å². The van der Waals surface area contributed by atoms with Gasteiger partial charge in [0.2, 0.25) is 0 Å². The molecule has 1 aliphatic rings. The molecule has 1 rings (SSSR count). The molecule has 0 heterocycles. The molecule has 0 radical (unpaired) electrons. The van der Waals surface area contributed by atoms with Crippen molar-refractivity contribution in [3.63, 3.8) is 0 Å². The van der Waals surface area contributed by atoms with Crippen LogP contribution in [0.15, 0.2) is 36.5 Å². The number of carbonyl (C=O) groups is 1. The number of hydrogen-bond donors (Lipinski definition) is 1. The van der Waals surface area contributed by atoms with Gasteiger partial charge < -0.3 is 5.11 Å². The van der Waals surface area contributed by atoms with Crippen molar-refractivity contribution in [3.8, 4) is 0 Å². The van der Waals surface area contributed by atoms with Gasteiger partial charge in [-0.25, -0.2) is 4.79 Å². The van der Waals surface area contributed by atoms with Gasteiger partial charge in [0.25, 0.3) is 0 Å². The molecule has 22 heavy (non-hydrogen) atoms. The van der Waals surface area contributed by atoms with Crippen LogP contribution >= 0.6 is 0 Å². The second-order valence-electron chi connectivity index (χ2n) is 6.38. The lowest BCUT2D eigenvalue weighted by atomic mass is 9.90. The van der Waals surface area contributed by atoms with Gasteiger partial charge in [-0.1, -0.05) is 82.2 Å². The Morgan fingerprint density at radius 2 is 1.73 bits per heavy atom. The Labute approximate surface area is 136 Å². The van der Waals surface area contributed by atoms with Crippen molar-refractivity contribution in [1.82, 2.24) is 0 Å². The maximum absolute atomic E-state index is 10.3. The lowest BCUT2D eigenvalue weighted by molar-refractivity contribution is -0.131. The molecule has 1 fully saturated rings. The molecule has 0 unspecified atom stereocenters. The number of allylic oxidation sites excluding steroid dienone is 5. The number of unbranched alkanes of at least 4 members (excludes halogenated alkanes) is 5. The maximum Gasteiger partial charge on any atom is 0.328 e. The van der Waals surface area contributed by atoms with E-state index < -0.39 is 5.97 Å². The van der Waals surface area contributed by atoms with Crippen molar-refractivity contribution >= 4 is 5.97 Å². The number of hydrogen-bond acceptors (Lipinski definition) is 1. The summed E-state index contributed by atoms with van der Waals surface area (Å²) in [6.07, 6.45) is 24.6. The van der Waals surface area contributed by atoms with Gasteiger partial charge in [-0.05, 0) is 31.1 Å². The van der Waals surface area contributed by atoms with E-state index in [1.807, 2.05) is 6.08 Å². The highest BCUT2D eigenvalue weighted by Gasteiger charge is 2.24. The first kappa shape index (κ1) is 18.7. The molecule has 1 aliphatic carbocycles. The zero-order valence-corrected chi connectivity index (χ0v) is 14.0. The average Bonchev–Trinajstić information content (AvgIpc) is 2.93. The topological polar surface area (TPSA) is 37.3 Å². The van der Waals surface area contributed by atoms with Crippen LogP contribution in [0.5, 0.6) is 0 Å². The van der Waals surface area contributed by atoms with Crippen molar-refractivity contribution in [2.75, 3.05) is 0 Å². The van der Waals surface area contributed by atoms with Crippen LogP contribution in [0, 0.1) is 11.8 Å². The lowest BCUT2D eigenvalue weighted by Gasteiger charge is -2.15. The molecule has 2 atom stereocenters. The number of carboxylic acid groups (broad SMARTS) is 1. The van der Waals surface area contributed by atoms with Gasteiger partial charge >= 0.3 is 5.97 Å². The first-order valence-corrected chi connectivity index (χ1v) is 8.98. The van der Waals surface area contributed by atoms with Crippen LogP contribution in [0.2, 0.25) is 0 Å². The van der Waals surface area contributed by atoms with E-state index in [-0.39, 0.29) is 0 Å². The zero-order valence-electron chi connectivity index (χ0n) is 14.0. The first-order valence-electron chi connectivity index (χ1n) is 8.98. The van der Waals surface area contributed by atoms with E-state index in [9.17, 15) is 4.79 Å². The van der Waals surface area contributed by atoms with Gasteiger partial charge in [0.05, 0.1) is 0 Å². The second kappa shape index (κ2) is 12.3. The summed E-state index contributed by atoms with van der Waals surface area (Å²) in [5, 5.41) is 8.49. The number of carboxylic acids is 1. The molecule has 0 bridgehead atoms. The quantitative estimate of drug-likeness (QED) is 0.293. The van der Waals surface area contributed by atoms with E-state index in [4.69, 9.17) is 5.11 Å². The summed E-state index contributed by atoms with van der Waals surface area (Å²) in [5.41, 5.74) is 0. The summed E-state index contributed by atoms with van der Waals surface area (Å²) in [4.78, 5) is 10.3. The highest BCUT2D eigenvalue weighted by atomic mass is 16.4. The Kier molecular flexibility index (Phi) is 10.4. The fourth-order valence-corrected chi connectivity index (χ4v) is 3.34. The van der Waals surface area contributed by atoms with Crippen LogP contribution in [0.25, 0.3) is 0 Å². The lowest BCUT2D eigenvalue weighted by Crippen LogP contribution is -2.04. The SMILES string of the molecule is CCCCCCCC[C@H]1CCC[C@@H]1C=C/C=C\C=CC(=O)O. The summed E-state index contributed by atoms with van der Waals surface area (Å²) in [5.74, 6) is 0.692. The van der Waals surface area contributed by atoms with Crippen molar-refractivity contribution in [2.24, 2.45) is 11.8 Å². The van der Waals surface area contributed by atoms with Crippen molar-refractivity contribution in [2.45, 2.75) is 71.1 Å². The van der Waals surface area contributed by atoms with Crippen LogP contribution in [0.4, 0.5) is 0 Å². The molecule has 124 valence electrons. The molecule has 0 aromatic heterocycles. The van der Waals surface area contributed by atoms with Crippen LogP contribution < -0.4 is 0 Å². The smallest absolute Gasteiger partial charge is 0.328 e. The van der Waals surface area contributed by atoms with Gasteiger partial charge in [0.1, 0.15) is 0 Å². The molecule has 0 aliphatic heterocycles. The standard InChI is InChI=1S/C20H32O2/c1-2-3-4-5-6-9-13-18-15-12-16-19(18)14-10-7-8-11-17-20(21)22/h7-8,10-11,14,17-19H,2-6,9,12-13,15-16H2,1H3,(H,21,22)/b8-7-,14-10?,17-11?/t18-,19-/m0/s1. The predicted molar refractivity (Wildman–Crippen MR) is 93.9 cm³/mol. The van der Waals surface area contributed by atoms with Gasteiger partial charge in [0.15, 0.2) is 0 Å². The molecule has 0 aromatic carbocycles. The molecule has 1 saturated carbocycles. The molecule has 0 amide bonds. The minimum atomic E-state index is -0.900. The van der Waals surface area contributed by atoms with Gasteiger partial charge in [-0.15, -0.1) is 0 Å².